The zero-order valence-corrected chi connectivity index (χ0v) is 14.7. The van der Waals surface area contributed by atoms with Crippen molar-refractivity contribution in [2.45, 2.75) is 31.7 Å². The highest BCUT2D eigenvalue weighted by atomic mass is 16.2. The number of carbonyl (C=O) groups is 1. The highest BCUT2D eigenvalue weighted by Crippen LogP contribution is 2.23. The quantitative estimate of drug-likeness (QED) is 0.873. The first-order valence-corrected chi connectivity index (χ1v) is 9.10. The van der Waals surface area contributed by atoms with Gasteiger partial charge in [-0.05, 0) is 12.8 Å². The highest BCUT2D eigenvalue weighted by molar-refractivity contribution is 5.86. The number of carbonyl (C=O) groups excluding carboxylic acids is 1. The molecule has 2 fully saturated rings. The molecule has 0 atom stereocenters. The van der Waals surface area contributed by atoms with Crippen LogP contribution < -0.4 is 10.2 Å². The third-order valence-electron chi connectivity index (χ3n) is 5.27. The van der Waals surface area contributed by atoms with Crippen molar-refractivity contribution in [1.82, 2.24) is 30.0 Å². The third kappa shape index (κ3) is 3.44. The summed E-state index contributed by atoms with van der Waals surface area (Å²) in [6, 6.07) is 0.397. The van der Waals surface area contributed by atoms with Crippen LogP contribution in [0.25, 0.3) is 11.0 Å². The standard InChI is InChI=1S/C17H25N7O/c1-22-16-14(10-20-22)17(19-12-18-16)24-8-6-23(7-9-24)11-15(25)21-13-4-2-3-5-13/h10,12-13H,2-9,11H2,1H3,(H,21,25). The van der Waals surface area contributed by atoms with Gasteiger partial charge in [0.1, 0.15) is 12.1 Å². The average molecular weight is 343 g/mol. The second-order valence-corrected chi connectivity index (χ2v) is 7.01. The summed E-state index contributed by atoms with van der Waals surface area (Å²) in [5.74, 6) is 1.10. The smallest absolute Gasteiger partial charge is 0.234 e. The van der Waals surface area contributed by atoms with Crippen molar-refractivity contribution in [1.29, 1.82) is 0 Å². The number of nitrogens with one attached hydrogen (secondary N) is 1. The van der Waals surface area contributed by atoms with Crippen molar-refractivity contribution in [3.63, 3.8) is 0 Å². The fourth-order valence-electron chi connectivity index (χ4n) is 3.87. The lowest BCUT2D eigenvalue weighted by atomic mass is 10.2. The predicted octanol–water partition coefficient (Wildman–Crippen LogP) is 0.544. The lowest BCUT2D eigenvalue weighted by molar-refractivity contribution is -0.123. The largest absolute Gasteiger partial charge is 0.353 e. The van der Waals surface area contributed by atoms with E-state index in [1.54, 1.807) is 11.0 Å². The van der Waals surface area contributed by atoms with Gasteiger partial charge in [-0.3, -0.25) is 14.4 Å². The summed E-state index contributed by atoms with van der Waals surface area (Å²) in [4.78, 5) is 25.4. The van der Waals surface area contributed by atoms with E-state index < -0.39 is 0 Å². The molecule has 2 aromatic heterocycles. The molecule has 0 radical (unpaired) electrons. The van der Waals surface area contributed by atoms with Crippen LogP contribution in [0.15, 0.2) is 12.5 Å². The van der Waals surface area contributed by atoms with Gasteiger partial charge in [-0.15, -0.1) is 0 Å². The minimum atomic E-state index is 0.164. The van der Waals surface area contributed by atoms with Crippen molar-refractivity contribution in [2.24, 2.45) is 7.05 Å². The Morgan fingerprint density at radius 1 is 1.20 bits per heavy atom. The van der Waals surface area contributed by atoms with Crippen LogP contribution in [0.1, 0.15) is 25.7 Å². The lowest BCUT2D eigenvalue weighted by Gasteiger charge is -2.35. The number of anilines is 1. The zero-order chi connectivity index (χ0) is 17.2. The first-order chi connectivity index (χ1) is 12.2. The van der Waals surface area contributed by atoms with E-state index >= 15 is 0 Å². The summed E-state index contributed by atoms with van der Waals surface area (Å²) >= 11 is 0. The van der Waals surface area contributed by atoms with E-state index in [4.69, 9.17) is 0 Å². The van der Waals surface area contributed by atoms with Crippen LogP contribution in [-0.4, -0.2) is 69.3 Å². The SMILES string of the molecule is Cn1ncc2c(N3CCN(CC(=O)NC4CCCC4)CC3)ncnc21. The fraction of sp³-hybridized carbons (Fsp3) is 0.647. The lowest BCUT2D eigenvalue weighted by Crippen LogP contribution is -2.50. The number of amides is 1. The van der Waals surface area contributed by atoms with Gasteiger partial charge in [0.25, 0.3) is 0 Å². The van der Waals surface area contributed by atoms with Gasteiger partial charge in [0, 0.05) is 39.3 Å². The van der Waals surface area contributed by atoms with E-state index in [9.17, 15) is 4.79 Å². The Labute approximate surface area is 147 Å². The molecule has 8 heteroatoms. The Hall–Kier alpha value is -2.22. The van der Waals surface area contributed by atoms with E-state index in [-0.39, 0.29) is 5.91 Å². The maximum absolute atomic E-state index is 12.2. The number of aryl methyl sites for hydroxylation is 1. The highest BCUT2D eigenvalue weighted by Gasteiger charge is 2.23. The predicted molar refractivity (Wildman–Crippen MR) is 95.4 cm³/mol. The second-order valence-electron chi connectivity index (χ2n) is 7.01. The van der Waals surface area contributed by atoms with Gasteiger partial charge in [0.15, 0.2) is 5.65 Å². The minimum Gasteiger partial charge on any atom is -0.353 e. The molecule has 25 heavy (non-hydrogen) atoms. The van der Waals surface area contributed by atoms with Crippen LogP contribution in [0, 0.1) is 0 Å². The van der Waals surface area contributed by atoms with Crippen LogP contribution in [0.3, 0.4) is 0 Å². The van der Waals surface area contributed by atoms with E-state index in [2.05, 4.69) is 30.2 Å². The van der Waals surface area contributed by atoms with Crippen LogP contribution >= 0.6 is 0 Å². The second kappa shape index (κ2) is 6.95. The number of hydrogen-bond acceptors (Lipinski definition) is 6. The van der Waals surface area contributed by atoms with Crippen LogP contribution in [0.5, 0.6) is 0 Å². The molecule has 0 bridgehead atoms. The van der Waals surface area contributed by atoms with Crippen LogP contribution in [-0.2, 0) is 11.8 Å². The molecule has 1 saturated heterocycles. The van der Waals surface area contributed by atoms with Crippen LogP contribution in [0.2, 0.25) is 0 Å². The number of hydrogen-bond donors (Lipinski definition) is 1. The molecule has 4 rings (SSSR count). The molecule has 0 aromatic carbocycles. The molecule has 2 aromatic rings. The monoisotopic (exact) mass is 343 g/mol. The van der Waals surface area contributed by atoms with Gasteiger partial charge in [0.2, 0.25) is 5.91 Å². The van der Waals surface area contributed by atoms with Crippen molar-refractivity contribution in [3.05, 3.63) is 12.5 Å². The Morgan fingerprint density at radius 2 is 1.96 bits per heavy atom. The van der Waals surface area contributed by atoms with Crippen molar-refractivity contribution < 1.29 is 4.79 Å². The normalized spacial score (nSPS) is 19.6. The van der Waals surface area contributed by atoms with E-state index in [0.717, 1.165) is 55.9 Å². The maximum atomic E-state index is 12.2. The van der Waals surface area contributed by atoms with Crippen molar-refractivity contribution >= 4 is 22.8 Å². The van der Waals surface area contributed by atoms with Crippen molar-refractivity contribution in [2.75, 3.05) is 37.6 Å². The molecule has 0 spiro atoms. The molecule has 8 nitrogen and oxygen atoms in total. The molecule has 1 N–H and O–H groups in total. The molecule has 1 saturated carbocycles. The zero-order valence-electron chi connectivity index (χ0n) is 14.7. The summed E-state index contributed by atoms with van der Waals surface area (Å²) in [5, 5.41) is 8.43. The summed E-state index contributed by atoms with van der Waals surface area (Å²) in [6.45, 7) is 3.94. The summed E-state index contributed by atoms with van der Waals surface area (Å²) in [5.41, 5.74) is 0.850. The van der Waals surface area contributed by atoms with Gasteiger partial charge >= 0.3 is 0 Å². The Balaban J connectivity index is 1.34. The number of piperazine rings is 1. The van der Waals surface area contributed by atoms with E-state index in [1.165, 1.54) is 12.8 Å². The van der Waals surface area contributed by atoms with Crippen LogP contribution in [0.4, 0.5) is 5.82 Å². The van der Waals surface area contributed by atoms with Gasteiger partial charge < -0.3 is 10.2 Å². The van der Waals surface area contributed by atoms with Gasteiger partial charge in [-0.25, -0.2) is 9.97 Å². The number of nitrogens with zero attached hydrogens (tertiary/aromatic N) is 6. The minimum absolute atomic E-state index is 0.164. The molecular formula is C17H25N7O. The maximum Gasteiger partial charge on any atom is 0.234 e. The molecule has 134 valence electrons. The summed E-state index contributed by atoms with van der Waals surface area (Å²) < 4.78 is 1.77. The third-order valence-corrected chi connectivity index (χ3v) is 5.27. The Bertz CT molecular complexity index is 745. The van der Waals surface area contributed by atoms with E-state index in [1.807, 2.05) is 13.2 Å². The average Bonchev–Trinajstić information content (AvgIpc) is 3.26. The molecule has 0 unspecified atom stereocenters. The molecule has 1 amide bonds. The van der Waals surface area contributed by atoms with Crippen molar-refractivity contribution in [3.8, 4) is 0 Å². The number of fused-ring (bicyclic) bond motifs is 1. The fourth-order valence-corrected chi connectivity index (χ4v) is 3.87. The summed E-state index contributed by atoms with van der Waals surface area (Å²) in [7, 11) is 1.89. The molecule has 1 aliphatic heterocycles. The molecular weight excluding hydrogens is 318 g/mol. The number of rotatable bonds is 4. The summed E-state index contributed by atoms with van der Waals surface area (Å²) in [6.07, 6.45) is 8.17. The molecule has 3 heterocycles. The first kappa shape index (κ1) is 16.3. The Morgan fingerprint density at radius 3 is 2.72 bits per heavy atom. The molecule has 2 aliphatic rings. The van der Waals surface area contributed by atoms with Gasteiger partial charge in [0.05, 0.1) is 18.1 Å². The van der Waals surface area contributed by atoms with Gasteiger partial charge in [-0.2, -0.15) is 5.10 Å². The van der Waals surface area contributed by atoms with Gasteiger partial charge in [-0.1, -0.05) is 12.8 Å². The molecule has 1 aliphatic carbocycles. The first-order valence-electron chi connectivity index (χ1n) is 9.10. The number of aromatic nitrogens is 4. The Kier molecular flexibility index (Phi) is 4.52. The topological polar surface area (TPSA) is 79.2 Å². The van der Waals surface area contributed by atoms with E-state index in [0.29, 0.717) is 12.6 Å².